The average molecular weight is 414 g/mol. The van der Waals surface area contributed by atoms with Crippen molar-refractivity contribution in [1.29, 1.82) is 0 Å². The summed E-state index contributed by atoms with van der Waals surface area (Å²) in [5, 5.41) is 7.92. The largest absolute Gasteiger partial charge is 0.493 e. The Morgan fingerprint density at radius 2 is 2.00 bits per heavy atom. The van der Waals surface area contributed by atoms with Crippen LogP contribution in [0, 0.1) is 19.7 Å². The molecule has 9 heteroatoms. The number of halogens is 1. The van der Waals surface area contributed by atoms with Crippen molar-refractivity contribution in [3.05, 3.63) is 58.8 Å². The number of aromatic nitrogens is 3. The maximum absolute atomic E-state index is 13.1. The van der Waals surface area contributed by atoms with E-state index in [1.807, 2.05) is 0 Å². The SMILES string of the molecule is Cc1noc(C)c1C(=O)N1CCCCC1c1nc(CCOc2ccc(F)cc2)no1. The molecular formula is C21H23FN4O4. The van der Waals surface area contributed by atoms with Crippen molar-refractivity contribution in [2.45, 2.75) is 45.6 Å². The fourth-order valence-electron chi connectivity index (χ4n) is 3.66. The van der Waals surface area contributed by atoms with Crippen LogP contribution in [0.15, 0.2) is 33.3 Å². The summed E-state index contributed by atoms with van der Waals surface area (Å²) in [5.74, 6) is 1.56. The third-order valence-electron chi connectivity index (χ3n) is 5.19. The predicted molar refractivity (Wildman–Crippen MR) is 104 cm³/mol. The molecule has 4 rings (SSSR count). The van der Waals surface area contributed by atoms with Crippen molar-refractivity contribution >= 4 is 5.91 Å². The van der Waals surface area contributed by atoms with E-state index < -0.39 is 0 Å². The first-order valence-corrected chi connectivity index (χ1v) is 9.97. The van der Waals surface area contributed by atoms with E-state index in [0.29, 0.717) is 54.1 Å². The molecule has 1 fully saturated rings. The van der Waals surface area contributed by atoms with Crippen molar-refractivity contribution in [3.8, 4) is 5.75 Å². The zero-order chi connectivity index (χ0) is 21.1. The van der Waals surface area contributed by atoms with Gasteiger partial charge in [-0.25, -0.2) is 4.39 Å². The normalized spacial score (nSPS) is 16.6. The molecule has 1 aliphatic rings. The van der Waals surface area contributed by atoms with E-state index in [9.17, 15) is 9.18 Å². The second-order valence-corrected chi connectivity index (χ2v) is 7.31. The highest BCUT2D eigenvalue weighted by Crippen LogP contribution is 2.32. The molecule has 8 nitrogen and oxygen atoms in total. The molecule has 0 spiro atoms. The molecule has 0 bridgehead atoms. The van der Waals surface area contributed by atoms with Gasteiger partial charge in [-0.15, -0.1) is 0 Å². The van der Waals surface area contributed by atoms with E-state index in [4.69, 9.17) is 13.8 Å². The van der Waals surface area contributed by atoms with E-state index >= 15 is 0 Å². The monoisotopic (exact) mass is 414 g/mol. The summed E-state index contributed by atoms with van der Waals surface area (Å²) in [6, 6.07) is 5.54. The van der Waals surface area contributed by atoms with Crippen molar-refractivity contribution in [3.63, 3.8) is 0 Å². The van der Waals surface area contributed by atoms with Gasteiger partial charge in [0.1, 0.15) is 28.9 Å². The van der Waals surface area contributed by atoms with Gasteiger partial charge in [-0.2, -0.15) is 4.98 Å². The van der Waals surface area contributed by atoms with Crippen LogP contribution >= 0.6 is 0 Å². The summed E-state index contributed by atoms with van der Waals surface area (Å²) in [5.41, 5.74) is 1.07. The molecule has 3 heterocycles. The minimum Gasteiger partial charge on any atom is -0.493 e. The molecule has 1 aliphatic heterocycles. The molecule has 0 saturated carbocycles. The fourth-order valence-corrected chi connectivity index (χ4v) is 3.66. The van der Waals surface area contributed by atoms with E-state index in [1.54, 1.807) is 30.9 Å². The van der Waals surface area contributed by atoms with Crippen LogP contribution < -0.4 is 4.74 Å². The molecule has 30 heavy (non-hydrogen) atoms. The number of nitrogens with zero attached hydrogens (tertiary/aromatic N) is 4. The number of piperidine rings is 1. The summed E-state index contributed by atoms with van der Waals surface area (Å²) in [6.07, 6.45) is 3.08. The minimum absolute atomic E-state index is 0.129. The standard InChI is InChI=1S/C21H23FN4O4/c1-13-19(14(2)29-24-13)21(27)26-11-4-3-5-17(26)20-23-18(25-30-20)10-12-28-16-8-6-15(22)7-9-16/h6-9,17H,3-5,10-12H2,1-2H3. The van der Waals surface area contributed by atoms with Gasteiger partial charge in [0.25, 0.3) is 5.91 Å². The fraction of sp³-hybridized carbons (Fsp3) is 0.429. The number of aryl methyl sites for hydroxylation is 2. The Bertz CT molecular complexity index is 995. The summed E-state index contributed by atoms with van der Waals surface area (Å²) in [7, 11) is 0. The number of rotatable bonds is 6. The average Bonchev–Trinajstić information content (AvgIpc) is 3.35. The Hall–Kier alpha value is -3.23. The molecule has 0 radical (unpaired) electrons. The molecular weight excluding hydrogens is 391 g/mol. The third-order valence-corrected chi connectivity index (χ3v) is 5.19. The molecule has 1 unspecified atom stereocenters. The number of amides is 1. The zero-order valence-corrected chi connectivity index (χ0v) is 16.9. The topological polar surface area (TPSA) is 94.5 Å². The predicted octanol–water partition coefficient (Wildman–Crippen LogP) is 3.80. The van der Waals surface area contributed by atoms with E-state index in [2.05, 4.69) is 15.3 Å². The van der Waals surface area contributed by atoms with Crippen LogP contribution in [0.1, 0.15) is 58.8 Å². The minimum atomic E-state index is -0.312. The highest BCUT2D eigenvalue weighted by Gasteiger charge is 2.34. The molecule has 3 aromatic rings. The maximum atomic E-state index is 13.1. The smallest absolute Gasteiger partial charge is 0.260 e. The Morgan fingerprint density at radius 3 is 2.73 bits per heavy atom. The number of hydrogen-bond acceptors (Lipinski definition) is 7. The van der Waals surface area contributed by atoms with Crippen molar-refractivity contribution < 1.29 is 23.0 Å². The first-order valence-electron chi connectivity index (χ1n) is 9.97. The van der Waals surface area contributed by atoms with Gasteiger partial charge in [0.2, 0.25) is 5.89 Å². The summed E-state index contributed by atoms with van der Waals surface area (Å²) in [4.78, 5) is 19.4. The Morgan fingerprint density at radius 1 is 1.20 bits per heavy atom. The zero-order valence-electron chi connectivity index (χ0n) is 16.9. The lowest BCUT2D eigenvalue weighted by Gasteiger charge is -2.33. The van der Waals surface area contributed by atoms with Crippen LogP contribution in [-0.4, -0.2) is 39.3 Å². The Balaban J connectivity index is 1.43. The molecule has 158 valence electrons. The van der Waals surface area contributed by atoms with Crippen molar-refractivity contribution in [2.24, 2.45) is 0 Å². The van der Waals surface area contributed by atoms with Crippen LogP contribution in [0.3, 0.4) is 0 Å². The summed E-state index contributed by atoms with van der Waals surface area (Å²) in [6.45, 7) is 4.43. The number of carbonyl (C=O) groups excluding carboxylic acids is 1. The van der Waals surface area contributed by atoms with Gasteiger partial charge in [-0.1, -0.05) is 10.3 Å². The number of likely N-dealkylation sites (tertiary alicyclic amines) is 1. The molecule has 2 aromatic heterocycles. The first-order chi connectivity index (χ1) is 14.5. The highest BCUT2D eigenvalue weighted by molar-refractivity contribution is 5.96. The lowest BCUT2D eigenvalue weighted by atomic mass is 10.00. The van der Waals surface area contributed by atoms with Gasteiger partial charge in [0.05, 0.1) is 12.3 Å². The number of benzene rings is 1. The first kappa shape index (κ1) is 20.1. The van der Waals surface area contributed by atoms with Crippen molar-refractivity contribution in [2.75, 3.05) is 13.2 Å². The molecule has 0 N–H and O–H groups in total. The third kappa shape index (κ3) is 4.19. The van der Waals surface area contributed by atoms with Crippen LogP contribution in [0.4, 0.5) is 4.39 Å². The van der Waals surface area contributed by atoms with Gasteiger partial charge < -0.3 is 18.7 Å². The van der Waals surface area contributed by atoms with Crippen LogP contribution in [0.25, 0.3) is 0 Å². The van der Waals surface area contributed by atoms with Crippen molar-refractivity contribution in [1.82, 2.24) is 20.2 Å². The molecule has 1 saturated heterocycles. The van der Waals surface area contributed by atoms with Gasteiger partial charge >= 0.3 is 0 Å². The summed E-state index contributed by atoms with van der Waals surface area (Å²) >= 11 is 0. The maximum Gasteiger partial charge on any atom is 0.260 e. The van der Waals surface area contributed by atoms with Crippen LogP contribution in [0.2, 0.25) is 0 Å². The van der Waals surface area contributed by atoms with Gasteiger partial charge in [-0.05, 0) is 57.4 Å². The number of carbonyl (C=O) groups is 1. The summed E-state index contributed by atoms with van der Waals surface area (Å²) < 4.78 is 29.2. The van der Waals surface area contributed by atoms with Gasteiger partial charge in [0, 0.05) is 13.0 Å². The molecule has 0 aliphatic carbocycles. The van der Waals surface area contributed by atoms with Gasteiger partial charge in [-0.3, -0.25) is 4.79 Å². The van der Waals surface area contributed by atoms with Crippen LogP contribution in [-0.2, 0) is 6.42 Å². The molecule has 1 aromatic carbocycles. The van der Waals surface area contributed by atoms with E-state index in [0.717, 1.165) is 19.3 Å². The lowest BCUT2D eigenvalue weighted by molar-refractivity contribution is 0.0559. The van der Waals surface area contributed by atoms with E-state index in [1.165, 1.54) is 12.1 Å². The second kappa shape index (κ2) is 8.64. The van der Waals surface area contributed by atoms with Crippen LogP contribution in [0.5, 0.6) is 5.75 Å². The Kier molecular flexibility index (Phi) is 5.78. The highest BCUT2D eigenvalue weighted by atomic mass is 19.1. The quantitative estimate of drug-likeness (QED) is 0.605. The van der Waals surface area contributed by atoms with Gasteiger partial charge in [0.15, 0.2) is 5.82 Å². The van der Waals surface area contributed by atoms with E-state index in [-0.39, 0.29) is 17.8 Å². The Labute approximate surface area is 173 Å². The number of hydrogen-bond donors (Lipinski definition) is 0. The number of ether oxygens (including phenoxy) is 1. The lowest BCUT2D eigenvalue weighted by Crippen LogP contribution is -2.39. The second-order valence-electron chi connectivity index (χ2n) is 7.31. The molecule has 1 amide bonds. The molecule has 1 atom stereocenters.